The molecule has 2 aromatic rings. The van der Waals surface area contributed by atoms with Crippen molar-refractivity contribution in [1.29, 1.82) is 0 Å². The van der Waals surface area contributed by atoms with Crippen LogP contribution in [0.15, 0.2) is 9.59 Å². The maximum absolute atomic E-state index is 12.5. The van der Waals surface area contributed by atoms with Crippen molar-refractivity contribution >= 4 is 24.7 Å². The molecule has 3 heterocycles. The molecule has 14 nitrogen and oxygen atoms in total. The van der Waals surface area contributed by atoms with Gasteiger partial charge in [-0.3, -0.25) is 19.3 Å². The molecule has 15 heteroatoms. The number of nitrogen functional groups attached to an aromatic ring is 1. The largest absolute Gasteiger partial charge is 0.388 e. The normalized spacial score (nSPS) is 28.0. The molecule has 1 aliphatic heterocycles. The molecule has 1 saturated heterocycles. The van der Waals surface area contributed by atoms with Crippen molar-refractivity contribution in [3.63, 3.8) is 0 Å². The summed E-state index contributed by atoms with van der Waals surface area (Å²) in [4.78, 5) is 43.1. The highest BCUT2D eigenvalue weighted by atomic mass is 31.2. The van der Waals surface area contributed by atoms with Gasteiger partial charge in [0.15, 0.2) is 22.7 Å². The van der Waals surface area contributed by atoms with Crippen LogP contribution in [0.2, 0.25) is 0 Å². The molecule has 1 aliphatic rings. The smallest absolute Gasteiger partial charge is 0.359 e. The molecule has 0 radical (unpaired) electrons. The number of nitrogens with zero attached hydrogens (tertiary/aromatic N) is 2. The van der Waals surface area contributed by atoms with Crippen molar-refractivity contribution in [2.75, 3.05) is 5.73 Å². The number of anilines is 1. The third-order valence-electron chi connectivity index (χ3n) is 5.53. The van der Waals surface area contributed by atoms with Crippen molar-refractivity contribution in [3.05, 3.63) is 20.8 Å². The second-order valence-electron chi connectivity index (χ2n) is 8.64. The maximum Gasteiger partial charge on any atom is 0.359 e. The lowest BCUT2D eigenvalue weighted by atomic mass is 9.97. The number of aromatic amines is 2. The summed E-state index contributed by atoms with van der Waals surface area (Å²) in [6.45, 7) is 5.61. The van der Waals surface area contributed by atoms with E-state index >= 15 is 0 Å². The predicted octanol–water partition coefficient (Wildman–Crippen LogP) is -0.896. The Bertz CT molecular complexity index is 1170. The quantitative estimate of drug-likeness (QED) is 0.242. The van der Waals surface area contributed by atoms with Gasteiger partial charge in [-0.1, -0.05) is 6.92 Å². The number of nitrogens with one attached hydrogen (secondary N) is 2. The number of H-pyrrole nitrogens is 2. The van der Waals surface area contributed by atoms with Gasteiger partial charge < -0.3 is 35.2 Å². The number of hydrogen-bond donors (Lipinski definition) is 7. The molecule has 2 aromatic heterocycles. The first-order valence-corrected chi connectivity index (χ1v) is 11.5. The molecule has 0 aliphatic carbocycles. The number of aliphatic hydroxyl groups is 3. The van der Waals surface area contributed by atoms with Gasteiger partial charge in [-0.2, -0.15) is 4.98 Å². The van der Waals surface area contributed by atoms with E-state index in [9.17, 15) is 34.4 Å². The minimum absolute atomic E-state index is 0.0427. The SMILES string of the molecule is CC[C@](C)(O)P(=O)(O)OC(C)(C)C[C@H]1O[C@@H](n2c(=O)[nH]c3c(=O)[nH]c(N)nc32)[C@H](O)[C@@H]1O. The van der Waals surface area contributed by atoms with E-state index in [0.717, 1.165) is 4.57 Å². The van der Waals surface area contributed by atoms with Gasteiger partial charge in [0, 0.05) is 6.42 Å². The lowest BCUT2D eigenvalue weighted by Crippen LogP contribution is -2.38. The first kappa shape index (κ1) is 24.6. The standard InChI is InChI=1S/C17H28N5O9P/c1-5-17(4,27)32(28,29)31-16(2,3)6-7-9(23)10(24)13(30-7)22-11-8(19-15(22)26)12(25)21-14(18)20-11/h7,9-10,13,23-24,27H,5-6H2,1-4H3,(H,19,26)(H,28,29)(H3,18,20,21,25)/t7-,9-,10-,13-,17-/m1/s1. The van der Waals surface area contributed by atoms with E-state index in [1.165, 1.54) is 27.7 Å². The van der Waals surface area contributed by atoms with Crippen LogP contribution in [0.3, 0.4) is 0 Å². The van der Waals surface area contributed by atoms with Crippen LogP contribution in [-0.4, -0.2) is 69.0 Å². The summed E-state index contributed by atoms with van der Waals surface area (Å²) in [5, 5.41) is 29.2. The fourth-order valence-electron chi connectivity index (χ4n) is 3.53. The van der Waals surface area contributed by atoms with Crippen LogP contribution >= 0.6 is 7.60 Å². The molecule has 3 rings (SSSR count). The van der Waals surface area contributed by atoms with Crippen molar-refractivity contribution in [2.45, 2.75) is 76.0 Å². The monoisotopic (exact) mass is 477 g/mol. The highest BCUT2D eigenvalue weighted by Crippen LogP contribution is 2.58. The van der Waals surface area contributed by atoms with E-state index in [1.807, 2.05) is 0 Å². The number of nitrogens with two attached hydrogens (primary N) is 1. The molecule has 0 amide bonds. The zero-order chi connectivity index (χ0) is 24.2. The number of ether oxygens (including phenoxy) is 1. The number of fused-ring (bicyclic) bond motifs is 1. The number of aromatic nitrogens is 4. The Morgan fingerprint density at radius 3 is 2.47 bits per heavy atom. The molecule has 0 bridgehead atoms. The first-order chi connectivity index (χ1) is 14.6. The van der Waals surface area contributed by atoms with Gasteiger partial charge in [0.2, 0.25) is 5.95 Å². The maximum atomic E-state index is 12.5. The van der Waals surface area contributed by atoms with Crippen LogP contribution in [-0.2, 0) is 13.8 Å². The Morgan fingerprint density at radius 2 is 1.88 bits per heavy atom. The van der Waals surface area contributed by atoms with Crippen LogP contribution in [0, 0.1) is 0 Å². The Kier molecular flexibility index (Phi) is 6.19. The Hall–Kier alpha value is -2.06. The van der Waals surface area contributed by atoms with E-state index in [4.69, 9.17) is 15.0 Å². The molecule has 8 N–H and O–H groups in total. The average molecular weight is 477 g/mol. The van der Waals surface area contributed by atoms with E-state index in [0.29, 0.717) is 0 Å². The summed E-state index contributed by atoms with van der Waals surface area (Å²) in [7, 11) is -4.49. The lowest BCUT2D eigenvalue weighted by molar-refractivity contribution is -0.0645. The third-order valence-corrected chi connectivity index (χ3v) is 7.81. The fraction of sp³-hybridized carbons (Fsp3) is 0.706. The van der Waals surface area contributed by atoms with Gasteiger partial charge in [0.25, 0.3) is 5.56 Å². The highest BCUT2D eigenvalue weighted by Gasteiger charge is 2.50. The fourth-order valence-corrected chi connectivity index (χ4v) is 4.87. The summed E-state index contributed by atoms with van der Waals surface area (Å²) < 4.78 is 24.4. The average Bonchev–Trinajstić information content (AvgIpc) is 3.11. The zero-order valence-electron chi connectivity index (χ0n) is 18.0. The molecular weight excluding hydrogens is 449 g/mol. The van der Waals surface area contributed by atoms with Crippen molar-refractivity contribution in [1.82, 2.24) is 19.5 Å². The first-order valence-electron chi connectivity index (χ1n) is 9.88. The van der Waals surface area contributed by atoms with Gasteiger partial charge in [-0.05, 0) is 27.2 Å². The van der Waals surface area contributed by atoms with Gasteiger partial charge in [0.1, 0.15) is 12.2 Å². The number of imidazole rings is 1. The van der Waals surface area contributed by atoms with Crippen LogP contribution in [0.5, 0.6) is 0 Å². The molecule has 0 aromatic carbocycles. The topological polar surface area (TPSA) is 226 Å². The summed E-state index contributed by atoms with van der Waals surface area (Å²) in [6, 6.07) is 0. The van der Waals surface area contributed by atoms with Gasteiger partial charge >= 0.3 is 13.3 Å². The van der Waals surface area contributed by atoms with Crippen LogP contribution in [0.1, 0.15) is 46.8 Å². The number of hydrogen-bond acceptors (Lipinski definition) is 10. The molecule has 180 valence electrons. The summed E-state index contributed by atoms with van der Waals surface area (Å²) in [5.41, 5.74) is 2.27. The Morgan fingerprint density at radius 1 is 1.25 bits per heavy atom. The molecule has 0 saturated carbocycles. The summed E-state index contributed by atoms with van der Waals surface area (Å²) in [6.07, 6.45) is -5.90. The van der Waals surface area contributed by atoms with Crippen molar-refractivity contribution < 1.29 is 34.0 Å². The summed E-state index contributed by atoms with van der Waals surface area (Å²) in [5.74, 6) is -0.268. The lowest BCUT2D eigenvalue weighted by Gasteiger charge is -2.35. The molecular formula is C17H28N5O9P. The van der Waals surface area contributed by atoms with Gasteiger partial charge in [-0.25, -0.2) is 9.36 Å². The van der Waals surface area contributed by atoms with Crippen molar-refractivity contribution in [3.8, 4) is 0 Å². The van der Waals surface area contributed by atoms with E-state index < -0.39 is 54.3 Å². The van der Waals surface area contributed by atoms with E-state index in [1.54, 1.807) is 0 Å². The van der Waals surface area contributed by atoms with Crippen LogP contribution < -0.4 is 17.0 Å². The molecule has 6 atom stereocenters. The van der Waals surface area contributed by atoms with Crippen LogP contribution in [0.25, 0.3) is 11.2 Å². The second-order valence-corrected chi connectivity index (χ2v) is 10.8. The van der Waals surface area contributed by atoms with Crippen LogP contribution in [0.4, 0.5) is 5.95 Å². The third kappa shape index (κ3) is 4.27. The molecule has 1 unspecified atom stereocenters. The van der Waals surface area contributed by atoms with Gasteiger partial charge in [-0.15, -0.1) is 0 Å². The summed E-state index contributed by atoms with van der Waals surface area (Å²) >= 11 is 0. The van der Waals surface area contributed by atoms with E-state index in [2.05, 4.69) is 15.0 Å². The van der Waals surface area contributed by atoms with Gasteiger partial charge in [0.05, 0.1) is 11.7 Å². The zero-order valence-corrected chi connectivity index (χ0v) is 18.9. The molecule has 1 fully saturated rings. The Labute approximate surface area is 181 Å². The number of aliphatic hydroxyl groups excluding tert-OH is 2. The predicted molar refractivity (Wildman–Crippen MR) is 112 cm³/mol. The second kappa shape index (κ2) is 8.06. The minimum Gasteiger partial charge on any atom is -0.388 e. The molecule has 0 spiro atoms. The Balaban J connectivity index is 1.89. The highest BCUT2D eigenvalue weighted by molar-refractivity contribution is 7.54. The van der Waals surface area contributed by atoms with Crippen molar-refractivity contribution in [2.24, 2.45) is 0 Å². The minimum atomic E-state index is -4.49. The molecule has 32 heavy (non-hydrogen) atoms. The number of rotatable bonds is 7. The van der Waals surface area contributed by atoms with E-state index in [-0.39, 0.29) is 30.0 Å².